The highest BCUT2D eigenvalue weighted by molar-refractivity contribution is 7.07. The van der Waals surface area contributed by atoms with E-state index in [1.165, 1.54) is 33.6 Å². The maximum absolute atomic E-state index is 14.1. The predicted molar refractivity (Wildman–Crippen MR) is 152 cm³/mol. The minimum Gasteiger partial charge on any atom is -0.344 e. The van der Waals surface area contributed by atoms with E-state index in [0.29, 0.717) is 6.04 Å². The SMILES string of the molecule is CC(C)n1cc(/C=c2/sc3n(c2=O)[C@H](c2ccccc2)C2=C(N=3)c3ccccc3CC2)c2ccccc21. The predicted octanol–water partition coefficient (Wildman–Crippen LogP) is 5.85. The Kier molecular flexibility index (Phi) is 5.15. The zero-order valence-electron chi connectivity index (χ0n) is 20.9. The first kappa shape index (κ1) is 22.3. The molecule has 0 unspecified atom stereocenters. The lowest BCUT2D eigenvalue weighted by atomic mass is 9.83. The van der Waals surface area contributed by atoms with E-state index in [4.69, 9.17) is 4.99 Å². The molecule has 0 radical (unpaired) electrons. The highest BCUT2D eigenvalue weighted by atomic mass is 32.1. The summed E-state index contributed by atoms with van der Waals surface area (Å²) < 4.78 is 4.93. The molecule has 2 aliphatic rings. The quantitative estimate of drug-likeness (QED) is 0.305. The number of para-hydroxylation sites is 1. The monoisotopic (exact) mass is 501 g/mol. The van der Waals surface area contributed by atoms with Crippen LogP contribution < -0.4 is 14.9 Å². The van der Waals surface area contributed by atoms with Gasteiger partial charge in [-0.05, 0) is 55.5 Å². The van der Waals surface area contributed by atoms with Crippen LogP contribution in [0.2, 0.25) is 0 Å². The third-order valence-electron chi connectivity index (χ3n) is 7.60. The number of benzene rings is 3. The summed E-state index contributed by atoms with van der Waals surface area (Å²) in [6, 6.07) is 27.6. The van der Waals surface area contributed by atoms with Crippen LogP contribution in [-0.4, -0.2) is 9.13 Å². The van der Waals surface area contributed by atoms with E-state index in [1.807, 2.05) is 10.6 Å². The minimum atomic E-state index is -0.139. The Bertz CT molecular complexity index is 1890. The second-order valence-electron chi connectivity index (χ2n) is 10.1. The number of fused-ring (bicyclic) bond motifs is 4. The number of rotatable bonds is 3. The maximum Gasteiger partial charge on any atom is 0.271 e. The fourth-order valence-corrected chi connectivity index (χ4v) is 6.86. The van der Waals surface area contributed by atoms with E-state index in [1.54, 1.807) is 0 Å². The van der Waals surface area contributed by atoms with E-state index in [0.717, 1.165) is 44.4 Å². The third kappa shape index (κ3) is 3.49. The average Bonchev–Trinajstić information content (AvgIpc) is 3.45. The molecule has 0 spiro atoms. The summed E-state index contributed by atoms with van der Waals surface area (Å²) in [6.45, 7) is 4.37. The van der Waals surface area contributed by atoms with Crippen LogP contribution in [0.3, 0.4) is 0 Å². The number of hydrogen-bond donors (Lipinski definition) is 0. The van der Waals surface area contributed by atoms with Crippen molar-refractivity contribution >= 4 is 34.0 Å². The van der Waals surface area contributed by atoms with Crippen molar-refractivity contribution in [2.45, 2.75) is 38.8 Å². The Morgan fingerprint density at radius 1 is 0.946 bits per heavy atom. The van der Waals surface area contributed by atoms with Gasteiger partial charge in [-0.2, -0.15) is 0 Å². The van der Waals surface area contributed by atoms with Gasteiger partial charge in [-0.3, -0.25) is 9.36 Å². The van der Waals surface area contributed by atoms with Gasteiger partial charge in [0, 0.05) is 34.3 Å². The number of aromatic nitrogens is 2. The standard InChI is InChI=1S/C32H27N3OS/c1-20(2)34-19-23(24-13-8-9-15-27(24)34)18-28-31(36)35-30(22-11-4-3-5-12-22)26-17-16-21-10-6-7-14-25(21)29(26)33-32(35)37-28/h3-15,18-20,30H,16-17H2,1-2H3/b28-18+/t30-/m1/s1. The van der Waals surface area contributed by atoms with Crippen molar-refractivity contribution in [3.05, 3.63) is 133 Å². The van der Waals surface area contributed by atoms with E-state index < -0.39 is 0 Å². The summed E-state index contributed by atoms with van der Waals surface area (Å²) in [6.07, 6.45) is 6.10. The molecule has 182 valence electrons. The molecule has 1 aliphatic carbocycles. The van der Waals surface area contributed by atoms with Crippen LogP contribution in [0.15, 0.2) is 100 Å². The molecule has 5 heteroatoms. The molecule has 3 heterocycles. The Labute approximate surface area is 219 Å². The summed E-state index contributed by atoms with van der Waals surface area (Å²) in [5.41, 5.74) is 8.23. The maximum atomic E-state index is 14.1. The molecule has 1 aliphatic heterocycles. The van der Waals surface area contributed by atoms with Crippen molar-refractivity contribution in [2.75, 3.05) is 0 Å². The molecule has 3 aromatic carbocycles. The van der Waals surface area contributed by atoms with Crippen LogP contribution in [0.25, 0.3) is 22.7 Å². The molecule has 4 nitrogen and oxygen atoms in total. The zero-order valence-corrected chi connectivity index (χ0v) is 21.7. The van der Waals surface area contributed by atoms with Crippen LogP contribution in [0.1, 0.15) is 54.6 Å². The normalized spacial score (nSPS) is 17.1. The van der Waals surface area contributed by atoms with Gasteiger partial charge in [-0.15, -0.1) is 0 Å². The van der Waals surface area contributed by atoms with Gasteiger partial charge in [0.05, 0.1) is 16.3 Å². The van der Waals surface area contributed by atoms with Crippen molar-refractivity contribution in [2.24, 2.45) is 4.99 Å². The van der Waals surface area contributed by atoms with E-state index in [9.17, 15) is 4.79 Å². The summed E-state index contributed by atoms with van der Waals surface area (Å²) in [7, 11) is 0. The van der Waals surface area contributed by atoms with E-state index in [-0.39, 0.29) is 11.6 Å². The Morgan fingerprint density at radius 2 is 1.70 bits per heavy atom. The van der Waals surface area contributed by atoms with Gasteiger partial charge in [0.1, 0.15) is 0 Å². The van der Waals surface area contributed by atoms with Gasteiger partial charge in [-0.1, -0.05) is 84.1 Å². The van der Waals surface area contributed by atoms with Gasteiger partial charge < -0.3 is 4.57 Å². The lowest BCUT2D eigenvalue weighted by Gasteiger charge is -2.30. The van der Waals surface area contributed by atoms with Crippen LogP contribution >= 0.6 is 11.3 Å². The summed E-state index contributed by atoms with van der Waals surface area (Å²) in [5, 5.41) is 1.16. The second kappa shape index (κ2) is 8.56. The van der Waals surface area contributed by atoms with Crippen molar-refractivity contribution in [1.82, 2.24) is 9.13 Å². The van der Waals surface area contributed by atoms with Gasteiger partial charge in [0.15, 0.2) is 4.80 Å². The molecule has 5 aromatic rings. The van der Waals surface area contributed by atoms with Gasteiger partial charge >= 0.3 is 0 Å². The highest BCUT2D eigenvalue weighted by Gasteiger charge is 2.32. The molecule has 0 saturated heterocycles. The Morgan fingerprint density at radius 3 is 2.54 bits per heavy atom. The smallest absolute Gasteiger partial charge is 0.271 e. The number of thiazole rings is 1. The van der Waals surface area contributed by atoms with Crippen molar-refractivity contribution in [1.29, 1.82) is 0 Å². The van der Waals surface area contributed by atoms with E-state index >= 15 is 0 Å². The molecule has 0 N–H and O–H groups in total. The Hall–Kier alpha value is -3.96. The first-order valence-corrected chi connectivity index (χ1v) is 13.7. The molecule has 2 aromatic heterocycles. The second-order valence-corrected chi connectivity index (χ2v) is 11.1. The fourth-order valence-electron chi connectivity index (χ4n) is 5.87. The summed E-state index contributed by atoms with van der Waals surface area (Å²) in [5.74, 6) is 0. The minimum absolute atomic E-state index is 0.0318. The van der Waals surface area contributed by atoms with Crippen molar-refractivity contribution < 1.29 is 0 Å². The van der Waals surface area contributed by atoms with Crippen LogP contribution in [0.4, 0.5) is 0 Å². The fraction of sp³-hybridized carbons (Fsp3) is 0.188. The molecule has 0 amide bonds. The number of aryl methyl sites for hydroxylation is 1. The summed E-state index contributed by atoms with van der Waals surface area (Å²) >= 11 is 1.50. The van der Waals surface area contributed by atoms with E-state index in [2.05, 4.69) is 103 Å². The number of allylic oxidation sites excluding steroid dienone is 1. The van der Waals surface area contributed by atoms with Crippen molar-refractivity contribution in [3.63, 3.8) is 0 Å². The molecule has 1 atom stereocenters. The Balaban J connectivity index is 1.49. The lowest BCUT2D eigenvalue weighted by Crippen LogP contribution is -2.38. The molecule has 37 heavy (non-hydrogen) atoms. The first-order chi connectivity index (χ1) is 18.1. The highest BCUT2D eigenvalue weighted by Crippen LogP contribution is 2.41. The largest absolute Gasteiger partial charge is 0.344 e. The third-order valence-corrected chi connectivity index (χ3v) is 8.59. The number of nitrogens with zero attached hydrogens (tertiary/aromatic N) is 3. The lowest BCUT2D eigenvalue weighted by molar-refractivity contribution is 0.585. The topological polar surface area (TPSA) is 39.3 Å². The van der Waals surface area contributed by atoms with Gasteiger partial charge in [0.25, 0.3) is 5.56 Å². The molecule has 0 bridgehead atoms. The molecular formula is C32H27N3OS. The van der Waals surface area contributed by atoms with Crippen LogP contribution in [0, 0.1) is 0 Å². The first-order valence-electron chi connectivity index (χ1n) is 12.9. The van der Waals surface area contributed by atoms with Crippen LogP contribution in [0.5, 0.6) is 0 Å². The molecular weight excluding hydrogens is 474 g/mol. The average molecular weight is 502 g/mol. The van der Waals surface area contributed by atoms with Crippen molar-refractivity contribution in [3.8, 4) is 0 Å². The molecule has 0 saturated carbocycles. The summed E-state index contributed by atoms with van der Waals surface area (Å²) in [4.78, 5) is 20.0. The molecule has 0 fully saturated rings. The zero-order chi connectivity index (χ0) is 25.1. The number of hydrogen-bond acceptors (Lipinski definition) is 3. The van der Waals surface area contributed by atoms with Crippen LogP contribution in [-0.2, 0) is 6.42 Å². The van der Waals surface area contributed by atoms with Gasteiger partial charge in [-0.25, -0.2) is 4.99 Å². The molecule has 7 rings (SSSR count). The van der Waals surface area contributed by atoms with Gasteiger partial charge in [0.2, 0.25) is 0 Å².